The van der Waals surface area contributed by atoms with Crippen molar-refractivity contribution in [1.82, 2.24) is 9.38 Å². The number of hydrogen-bond acceptors (Lipinski definition) is 1. The molecule has 1 aromatic carbocycles. The molecular weight excluding hydrogens is 301 g/mol. The second-order valence-corrected chi connectivity index (χ2v) is 3.40. The number of rotatable bonds is 0. The molecule has 0 unspecified atom stereocenters. The van der Waals surface area contributed by atoms with Gasteiger partial charge in [-0.15, -0.1) is 0 Å². The Morgan fingerprint density at radius 2 is 2.07 bits per heavy atom. The number of aryl methyl sites for hydroxylation is 1. The molecule has 0 atom stereocenters. The summed E-state index contributed by atoms with van der Waals surface area (Å²) >= 11 is 0. The number of benzene rings is 1. The van der Waals surface area contributed by atoms with Crippen LogP contribution in [-0.2, 0) is 7.05 Å². The highest BCUT2D eigenvalue weighted by Gasteiger charge is 2.10. The van der Waals surface area contributed by atoms with Crippen LogP contribution in [0.15, 0.2) is 43.0 Å². The third-order valence-electron chi connectivity index (χ3n) is 2.50. The van der Waals surface area contributed by atoms with Crippen molar-refractivity contribution < 1.29 is 28.5 Å². The van der Waals surface area contributed by atoms with Crippen LogP contribution in [-0.4, -0.2) is 9.38 Å². The lowest BCUT2D eigenvalue weighted by Crippen LogP contribution is -3.00. The van der Waals surface area contributed by atoms with E-state index in [-0.39, 0.29) is 24.0 Å². The van der Waals surface area contributed by atoms with E-state index in [1.165, 1.54) is 11.0 Å². The maximum Gasteiger partial charge on any atom is 0.296 e. The van der Waals surface area contributed by atoms with Gasteiger partial charge in [0.1, 0.15) is 12.4 Å². The van der Waals surface area contributed by atoms with Gasteiger partial charge in [-0.05, 0) is 12.1 Å². The summed E-state index contributed by atoms with van der Waals surface area (Å²) in [5.41, 5.74) is 2.21. The van der Waals surface area contributed by atoms with Gasteiger partial charge in [-0.3, -0.25) is 0 Å². The number of nitrogens with zero attached hydrogens (tertiary/aromatic N) is 3. The van der Waals surface area contributed by atoms with Gasteiger partial charge in [-0.25, -0.2) is 9.55 Å². The Hall–Kier alpha value is -1.17. The minimum Gasteiger partial charge on any atom is -1.00 e. The maximum atomic E-state index is 4.37. The first-order valence-corrected chi connectivity index (χ1v) is 4.56. The van der Waals surface area contributed by atoms with Crippen LogP contribution in [0.2, 0.25) is 0 Å². The summed E-state index contributed by atoms with van der Waals surface area (Å²) in [6.07, 6.45) is 5.88. The highest BCUT2D eigenvalue weighted by atomic mass is 127. The lowest BCUT2D eigenvalue weighted by atomic mass is 10.2. The van der Waals surface area contributed by atoms with Crippen molar-refractivity contribution >= 4 is 16.6 Å². The van der Waals surface area contributed by atoms with Crippen molar-refractivity contribution in [3.8, 4) is 0 Å². The fraction of sp³-hybridized carbons (Fsp3) is 0.0909. The Morgan fingerprint density at radius 1 is 1.27 bits per heavy atom. The number of para-hydroxylation sites is 1. The van der Waals surface area contributed by atoms with E-state index >= 15 is 0 Å². The molecule has 15 heavy (non-hydrogen) atoms. The van der Waals surface area contributed by atoms with Crippen LogP contribution < -0.4 is 28.5 Å². The molecule has 0 saturated carbocycles. The molecule has 0 aliphatic carbocycles. The second-order valence-electron chi connectivity index (χ2n) is 3.40. The van der Waals surface area contributed by atoms with Gasteiger partial charge in [0, 0.05) is 0 Å². The molecule has 0 bridgehead atoms. The van der Waals surface area contributed by atoms with Crippen molar-refractivity contribution in [2.24, 2.45) is 7.05 Å². The van der Waals surface area contributed by atoms with Crippen LogP contribution in [0.25, 0.3) is 16.6 Å². The minimum absolute atomic E-state index is 0. The number of imidazole rings is 1. The summed E-state index contributed by atoms with van der Waals surface area (Å²) in [7, 11) is 2.04. The van der Waals surface area contributed by atoms with E-state index in [9.17, 15) is 0 Å². The van der Waals surface area contributed by atoms with Crippen LogP contribution >= 0.6 is 0 Å². The molecule has 3 aromatic rings. The second kappa shape index (κ2) is 3.77. The number of fused-ring (bicyclic) bond motifs is 3. The van der Waals surface area contributed by atoms with Gasteiger partial charge in [-0.1, -0.05) is 12.1 Å². The van der Waals surface area contributed by atoms with Crippen LogP contribution in [0.4, 0.5) is 0 Å². The highest BCUT2D eigenvalue weighted by molar-refractivity contribution is 5.89. The third-order valence-corrected chi connectivity index (χ3v) is 2.50. The van der Waals surface area contributed by atoms with E-state index in [1.54, 1.807) is 0 Å². The molecule has 0 aliphatic heterocycles. The SMILES string of the molecule is C[n+]1ccn2cnc3ccccc3c21.[I-]. The molecule has 0 fully saturated rings. The lowest BCUT2D eigenvalue weighted by Gasteiger charge is -1.95. The quantitative estimate of drug-likeness (QED) is 0.359. The normalized spacial score (nSPS) is 10.5. The molecule has 0 saturated heterocycles. The zero-order valence-corrected chi connectivity index (χ0v) is 10.4. The molecule has 0 aliphatic rings. The molecule has 0 radical (unpaired) electrons. The van der Waals surface area contributed by atoms with Crippen molar-refractivity contribution in [3.63, 3.8) is 0 Å². The summed E-state index contributed by atoms with van der Waals surface area (Å²) in [6, 6.07) is 8.17. The van der Waals surface area contributed by atoms with E-state index < -0.39 is 0 Å². The Kier molecular flexibility index (Phi) is 2.60. The van der Waals surface area contributed by atoms with E-state index in [0.29, 0.717) is 0 Å². The smallest absolute Gasteiger partial charge is 0.296 e. The lowest BCUT2D eigenvalue weighted by molar-refractivity contribution is -0.643. The first-order chi connectivity index (χ1) is 6.86. The standard InChI is InChI=1S/C11H10N3.HI/c1-13-6-7-14-8-12-10-5-3-2-4-9(10)11(13)14;/h2-8H,1H3;1H/q+1;/p-1. The zero-order valence-electron chi connectivity index (χ0n) is 8.26. The highest BCUT2D eigenvalue weighted by Crippen LogP contribution is 2.13. The maximum absolute atomic E-state index is 4.37. The van der Waals surface area contributed by atoms with Gasteiger partial charge >= 0.3 is 0 Å². The monoisotopic (exact) mass is 311 g/mol. The molecular formula is C11H10IN3. The summed E-state index contributed by atoms with van der Waals surface area (Å²) < 4.78 is 4.13. The van der Waals surface area contributed by atoms with Gasteiger partial charge in [0.15, 0.2) is 6.33 Å². The Morgan fingerprint density at radius 3 is 2.93 bits per heavy atom. The van der Waals surface area contributed by atoms with Crippen molar-refractivity contribution in [3.05, 3.63) is 43.0 Å². The molecule has 2 aromatic heterocycles. The van der Waals surface area contributed by atoms with Crippen LogP contribution in [0, 0.1) is 0 Å². The van der Waals surface area contributed by atoms with Crippen LogP contribution in [0.1, 0.15) is 0 Å². The molecule has 0 spiro atoms. The van der Waals surface area contributed by atoms with E-state index in [1.807, 2.05) is 48.4 Å². The Bertz CT molecular complexity index is 615. The molecule has 4 heteroatoms. The number of aromatic nitrogens is 3. The predicted molar refractivity (Wildman–Crippen MR) is 53.9 cm³/mol. The fourth-order valence-corrected chi connectivity index (χ4v) is 1.82. The van der Waals surface area contributed by atoms with Gasteiger partial charge in [0.2, 0.25) is 0 Å². The minimum atomic E-state index is 0. The average Bonchev–Trinajstić information content (AvgIpc) is 2.61. The molecule has 0 amide bonds. The summed E-state index contributed by atoms with van der Waals surface area (Å²) in [4.78, 5) is 4.37. The summed E-state index contributed by atoms with van der Waals surface area (Å²) in [6.45, 7) is 0. The fourth-order valence-electron chi connectivity index (χ4n) is 1.82. The van der Waals surface area contributed by atoms with Crippen molar-refractivity contribution in [2.45, 2.75) is 0 Å². The first-order valence-electron chi connectivity index (χ1n) is 4.56. The van der Waals surface area contributed by atoms with Gasteiger partial charge < -0.3 is 24.0 Å². The molecule has 3 nitrogen and oxygen atoms in total. The number of hydrogen-bond donors (Lipinski definition) is 0. The zero-order chi connectivity index (χ0) is 9.54. The van der Waals surface area contributed by atoms with Gasteiger partial charge in [0.25, 0.3) is 5.65 Å². The van der Waals surface area contributed by atoms with E-state index in [2.05, 4.69) is 15.6 Å². The van der Waals surface area contributed by atoms with E-state index in [0.717, 1.165) is 5.52 Å². The topological polar surface area (TPSA) is 21.2 Å². The average molecular weight is 311 g/mol. The Labute approximate surface area is 104 Å². The van der Waals surface area contributed by atoms with Crippen molar-refractivity contribution in [2.75, 3.05) is 0 Å². The molecule has 3 rings (SSSR count). The predicted octanol–water partition coefficient (Wildman–Crippen LogP) is -1.68. The molecule has 0 N–H and O–H groups in total. The third kappa shape index (κ3) is 1.49. The number of halogens is 1. The van der Waals surface area contributed by atoms with Crippen LogP contribution in [0.3, 0.4) is 0 Å². The van der Waals surface area contributed by atoms with Crippen LogP contribution in [0.5, 0.6) is 0 Å². The molecule has 2 heterocycles. The summed E-state index contributed by atoms with van der Waals surface area (Å²) in [5, 5.41) is 1.18. The molecule has 76 valence electrons. The van der Waals surface area contributed by atoms with E-state index in [4.69, 9.17) is 0 Å². The van der Waals surface area contributed by atoms with Gasteiger partial charge in [-0.2, -0.15) is 4.40 Å². The van der Waals surface area contributed by atoms with Crippen molar-refractivity contribution in [1.29, 1.82) is 0 Å². The largest absolute Gasteiger partial charge is 1.00 e. The summed E-state index contributed by atoms with van der Waals surface area (Å²) in [5.74, 6) is 0. The van der Waals surface area contributed by atoms with Gasteiger partial charge in [0.05, 0.1) is 18.0 Å². The first kappa shape index (κ1) is 10.4. The Balaban J connectivity index is 0.000000853.